The molecule has 1 unspecified atom stereocenters. The molecule has 0 spiro atoms. The smallest absolute Gasteiger partial charge is 0.264 e. The Morgan fingerprint density at radius 2 is 2.38 bits per heavy atom. The molecule has 2 rings (SSSR count). The van der Waals surface area contributed by atoms with E-state index in [1.54, 1.807) is 4.57 Å². The molecule has 4 heteroatoms. The number of halogens is 1. The summed E-state index contributed by atoms with van der Waals surface area (Å²) in [7, 11) is 0. The van der Waals surface area contributed by atoms with Crippen LogP contribution in [-0.4, -0.2) is 16.3 Å². The van der Waals surface area contributed by atoms with Crippen LogP contribution in [0.5, 0.6) is 0 Å². The second-order valence-electron chi connectivity index (χ2n) is 4.85. The highest BCUT2D eigenvalue weighted by atomic mass is 127. The first-order valence-electron chi connectivity index (χ1n) is 5.51. The minimum atomic E-state index is -0.0315. The molecule has 88 valence electrons. The van der Waals surface area contributed by atoms with Crippen LogP contribution in [-0.2, 0) is 11.3 Å². The molecule has 0 bridgehead atoms. The van der Waals surface area contributed by atoms with Gasteiger partial charge in [0.05, 0.1) is 21.8 Å². The van der Waals surface area contributed by atoms with E-state index in [1.165, 1.54) is 0 Å². The largest absolute Gasteiger partial charge is 0.370 e. The molecule has 0 radical (unpaired) electrons. The first-order valence-corrected chi connectivity index (χ1v) is 6.59. The average Bonchev–Trinajstić information content (AvgIpc) is 2.53. The van der Waals surface area contributed by atoms with Gasteiger partial charge in [-0.25, -0.2) is 0 Å². The Kier molecular flexibility index (Phi) is 3.39. The minimum absolute atomic E-state index is 0.0315. The van der Waals surface area contributed by atoms with Gasteiger partial charge in [0, 0.05) is 6.20 Å². The van der Waals surface area contributed by atoms with Crippen molar-refractivity contribution in [2.45, 2.75) is 44.9 Å². The second kappa shape index (κ2) is 4.49. The Morgan fingerprint density at radius 3 is 3.00 bits per heavy atom. The predicted octanol–water partition coefficient (Wildman–Crippen LogP) is 2.41. The van der Waals surface area contributed by atoms with Gasteiger partial charge in [-0.2, -0.15) is 0 Å². The lowest BCUT2D eigenvalue weighted by molar-refractivity contribution is -0.0220. The lowest BCUT2D eigenvalue weighted by Crippen LogP contribution is -2.29. The summed E-state index contributed by atoms with van der Waals surface area (Å²) in [5.74, 6) is 0. The molecular formula is C12H16INO2. The monoisotopic (exact) mass is 333 g/mol. The maximum absolute atomic E-state index is 11.8. The fourth-order valence-electron chi connectivity index (χ4n) is 2.08. The Balaban J connectivity index is 2.11. The number of rotatable bonds is 2. The SMILES string of the molecule is CC1(C)CCC(Cn2cccc(I)c2=O)O1. The van der Waals surface area contributed by atoms with Crippen molar-refractivity contribution in [2.24, 2.45) is 0 Å². The summed E-state index contributed by atoms with van der Waals surface area (Å²) in [5, 5.41) is 0. The van der Waals surface area contributed by atoms with Gasteiger partial charge in [0.15, 0.2) is 0 Å². The predicted molar refractivity (Wildman–Crippen MR) is 71.6 cm³/mol. The molecule has 0 N–H and O–H groups in total. The fourth-order valence-corrected chi connectivity index (χ4v) is 2.59. The molecule has 1 atom stereocenters. The molecule has 0 saturated carbocycles. The summed E-state index contributed by atoms with van der Waals surface area (Å²) in [5.41, 5.74) is 0.0485. The lowest BCUT2D eigenvalue weighted by atomic mass is 10.1. The van der Waals surface area contributed by atoms with E-state index in [9.17, 15) is 4.79 Å². The Hall–Kier alpha value is -0.360. The number of pyridine rings is 1. The van der Waals surface area contributed by atoms with Gasteiger partial charge in [-0.1, -0.05) is 0 Å². The molecule has 1 aliphatic rings. The maximum atomic E-state index is 11.8. The van der Waals surface area contributed by atoms with Crippen LogP contribution in [0.3, 0.4) is 0 Å². The highest BCUT2D eigenvalue weighted by Gasteiger charge is 2.31. The third-order valence-electron chi connectivity index (χ3n) is 2.93. The van der Waals surface area contributed by atoms with E-state index >= 15 is 0 Å². The molecule has 3 nitrogen and oxygen atoms in total. The van der Waals surface area contributed by atoms with E-state index in [4.69, 9.17) is 4.74 Å². The quantitative estimate of drug-likeness (QED) is 0.779. The molecule has 16 heavy (non-hydrogen) atoms. The van der Waals surface area contributed by atoms with Crippen molar-refractivity contribution in [1.82, 2.24) is 4.57 Å². The minimum Gasteiger partial charge on any atom is -0.370 e. The summed E-state index contributed by atoms with van der Waals surface area (Å²) in [6.45, 7) is 4.87. The molecule has 1 aromatic rings. The van der Waals surface area contributed by atoms with Gasteiger partial charge in [0.2, 0.25) is 0 Å². The molecule has 0 aliphatic carbocycles. The normalized spacial score (nSPS) is 23.6. The van der Waals surface area contributed by atoms with Gasteiger partial charge in [0.25, 0.3) is 5.56 Å². The summed E-state index contributed by atoms with van der Waals surface area (Å²) < 4.78 is 8.39. The van der Waals surface area contributed by atoms with Crippen LogP contribution in [0.15, 0.2) is 23.1 Å². The molecule has 1 saturated heterocycles. The summed E-state index contributed by atoms with van der Waals surface area (Å²) >= 11 is 2.07. The van der Waals surface area contributed by atoms with Crippen molar-refractivity contribution in [3.63, 3.8) is 0 Å². The zero-order valence-electron chi connectivity index (χ0n) is 9.57. The molecular weight excluding hydrogens is 317 g/mol. The number of hydrogen-bond donors (Lipinski definition) is 0. The van der Waals surface area contributed by atoms with Crippen LogP contribution in [0.4, 0.5) is 0 Å². The molecule has 0 amide bonds. The maximum Gasteiger partial charge on any atom is 0.264 e. The number of nitrogens with zero attached hydrogens (tertiary/aromatic N) is 1. The van der Waals surface area contributed by atoms with Crippen molar-refractivity contribution in [3.8, 4) is 0 Å². The average molecular weight is 333 g/mol. The standard InChI is InChI=1S/C12H16INO2/c1-12(2)6-5-9(16-12)8-14-7-3-4-10(13)11(14)15/h3-4,7,9H,5-6,8H2,1-2H3. The molecule has 1 aliphatic heterocycles. The first-order chi connectivity index (χ1) is 7.48. The van der Waals surface area contributed by atoms with Crippen molar-refractivity contribution in [1.29, 1.82) is 0 Å². The van der Waals surface area contributed by atoms with E-state index in [0.29, 0.717) is 6.54 Å². The van der Waals surface area contributed by atoms with Crippen molar-refractivity contribution >= 4 is 22.6 Å². The first kappa shape index (κ1) is 12.1. The van der Waals surface area contributed by atoms with E-state index < -0.39 is 0 Å². The molecule has 1 fully saturated rings. The summed E-state index contributed by atoms with van der Waals surface area (Å²) in [4.78, 5) is 11.8. The lowest BCUT2D eigenvalue weighted by Gasteiger charge is -2.19. The molecule has 2 heterocycles. The van der Waals surface area contributed by atoms with E-state index in [-0.39, 0.29) is 17.3 Å². The third-order valence-corrected chi connectivity index (χ3v) is 3.75. The van der Waals surface area contributed by atoms with Crippen LogP contribution >= 0.6 is 22.6 Å². The van der Waals surface area contributed by atoms with E-state index in [0.717, 1.165) is 16.4 Å². The fraction of sp³-hybridized carbons (Fsp3) is 0.583. The Morgan fingerprint density at radius 1 is 1.62 bits per heavy atom. The Labute approximate surface area is 109 Å². The van der Waals surface area contributed by atoms with Crippen molar-refractivity contribution < 1.29 is 4.74 Å². The van der Waals surface area contributed by atoms with Gasteiger partial charge in [0.1, 0.15) is 0 Å². The van der Waals surface area contributed by atoms with Gasteiger partial charge < -0.3 is 9.30 Å². The van der Waals surface area contributed by atoms with Gasteiger partial charge in [-0.05, 0) is 61.4 Å². The number of aromatic nitrogens is 1. The number of hydrogen-bond acceptors (Lipinski definition) is 2. The van der Waals surface area contributed by atoms with E-state index in [1.807, 2.05) is 18.3 Å². The number of ether oxygens (including phenoxy) is 1. The highest BCUT2D eigenvalue weighted by Crippen LogP contribution is 2.29. The van der Waals surface area contributed by atoms with Gasteiger partial charge in [-0.15, -0.1) is 0 Å². The topological polar surface area (TPSA) is 31.2 Å². The summed E-state index contributed by atoms with van der Waals surface area (Å²) in [6.07, 6.45) is 4.10. The van der Waals surface area contributed by atoms with Crippen LogP contribution in [0.25, 0.3) is 0 Å². The van der Waals surface area contributed by atoms with Crippen LogP contribution in [0.1, 0.15) is 26.7 Å². The van der Waals surface area contributed by atoms with Crippen molar-refractivity contribution in [3.05, 3.63) is 32.3 Å². The zero-order chi connectivity index (χ0) is 11.8. The van der Waals surface area contributed by atoms with Crippen LogP contribution < -0.4 is 5.56 Å². The van der Waals surface area contributed by atoms with Crippen LogP contribution in [0.2, 0.25) is 0 Å². The van der Waals surface area contributed by atoms with Crippen LogP contribution in [0, 0.1) is 3.57 Å². The molecule has 0 aromatic carbocycles. The molecule has 1 aromatic heterocycles. The Bertz CT molecular complexity index is 439. The van der Waals surface area contributed by atoms with Gasteiger partial charge >= 0.3 is 0 Å². The highest BCUT2D eigenvalue weighted by molar-refractivity contribution is 14.1. The second-order valence-corrected chi connectivity index (χ2v) is 6.01. The zero-order valence-corrected chi connectivity index (χ0v) is 11.7. The van der Waals surface area contributed by atoms with E-state index in [2.05, 4.69) is 36.4 Å². The van der Waals surface area contributed by atoms with Crippen molar-refractivity contribution in [2.75, 3.05) is 0 Å². The summed E-state index contributed by atoms with van der Waals surface area (Å²) in [6, 6.07) is 3.74. The van der Waals surface area contributed by atoms with Gasteiger partial charge in [-0.3, -0.25) is 4.79 Å². The third kappa shape index (κ3) is 2.66.